The molecular weight excluding hydrogens is 450 g/mol. The highest BCUT2D eigenvalue weighted by molar-refractivity contribution is 7.13. The van der Waals surface area contributed by atoms with Gasteiger partial charge in [-0.25, -0.2) is 14.6 Å². The van der Waals surface area contributed by atoms with Crippen molar-refractivity contribution in [2.45, 2.75) is 13.3 Å². The molecule has 4 amide bonds. The van der Waals surface area contributed by atoms with E-state index in [1.807, 2.05) is 0 Å². The first-order valence-corrected chi connectivity index (χ1v) is 11.5. The van der Waals surface area contributed by atoms with Crippen LogP contribution in [0.2, 0.25) is 0 Å². The number of amides is 4. The number of urea groups is 1. The van der Waals surface area contributed by atoms with Gasteiger partial charge in [0.05, 0.1) is 18.7 Å². The maximum atomic E-state index is 12.5. The van der Waals surface area contributed by atoms with Crippen molar-refractivity contribution in [1.82, 2.24) is 14.8 Å². The lowest BCUT2D eigenvalue weighted by atomic mass is 10.2. The predicted octanol–water partition coefficient (Wildman–Crippen LogP) is 2.40. The number of nitrogens with zero attached hydrogens (tertiary/aromatic N) is 3. The topological polar surface area (TPSA) is 122 Å². The third kappa shape index (κ3) is 5.83. The molecule has 0 bridgehead atoms. The van der Waals surface area contributed by atoms with Crippen LogP contribution in [-0.2, 0) is 16.0 Å². The summed E-state index contributed by atoms with van der Waals surface area (Å²) < 4.78 is 16.0. The van der Waals surface area contributed by atoms with E-state index in [1.165, 1.54) is 11.3 Å². The summed E-state index contributed by atoms with van der Waals surface area (Å²) in [7, 11) is 0. The second kappa shape index (κ2) is 10.4. The molecule has 1 saturated heterocycles. The molecule has 1 aromatic carbocycles. The van der Waals surface area contributed by atoms with Gasteiger partial charge in [-0.3, -0.25) is 10.1 Å². The van der Waals surface area contributed by atoms with Crippen molar-refractivity contribution in [3.05, 3.63) is 29.3 Å². The van der Waals surface area contributed by atoms with Crippen molar-refractivity contribution in [2.24, 2.45) is 0 Å². The molecule has 1 fully saturated rings. The van der Waals surface area contributed by atoms with E-state index in [9.17, 15) is 14.4 Å². The van der Waals surface area contributed by atoms with Crippen molar-refractivity contribution in [3.63, 3.8) is 0 Å². The Morgan fingerprint density at radius 2 is 1.79 bits per heavy atom. The molecular formula is C21H25N5O6S. The molecule has 0 saturated carbocycles. The summed E-state index contributed by atoms with van der Waals surface area (Å²) in [5.74, 6) is 1.02. The Kier molecular flexibility index (Phi) is 7.13. The third-order valence-corrected chi connectivity index (χ3v) is 5.83. The minimum absolute atomic E-state index is 0.0685. The number of nitrogens with one attached hydrogen (secondary N) is 2. The van der Waals surface area contributed by atoms with Gasteiger partial charge in [-0.1, -0.05) is 0 Å². The molecule has 0 unspecified atom stereocenters. The number of carbonyl (C=O) groups excluding carboxylic acids is 3. The normalized spacial score (nSPS) is 15.1. The molecule has 0 aliphatic carbocycles. The molecule has 176 valence electrons. The maximum Gasteiger partial charge on any atom is 0.409 e. The largest absolute Gasteiger partial charge is 0.486 e. The summed E-state index contributed by atoms with van der Waals surface area (Å²) in [6.07, 6.45) is -0.296. The van der Waals surface area contributed by atoms with E-state index in [0.717, 1.165) is 0 Å². The van der Waals surface area contributed by atoms with Gasteiger partial charge in [-0.05, 0) is 19.1 Å². The molecule has 4 rings (SSSR count). The molecule has 33 heavy (non-hydrogen) atoms. The summed E-state index contributed by atoms with van der Waals surface area (Å²) in [5.41, 5.74) is 1.16. The van der Waals surface area contributed by atoms with E-state index in [4.69, 9.17) is 14.2 Å². The van der Waals surface area contributed by atoms with Crippen molar-refractivity contribution >= 4 is 40.2 Å². The number of anilines is 2. The predicted molar refractivity (Wildman–Crippen MR) is 121 cm³/mol. The van der Waals surface area contributed by atoms with Crippen molar-refractivity contribution in [3.8, 4) is 11.5 Å². The summed E-state index contributed by atoms with van der Waals surface area (Å²) in [4.78, 5) is 44.2. The first-order valence-electron chi connectivity index (χ1n) is 10.6. The van der Waals surface area contributed by atoms with Gasteiger partial charge in [0.2, 0.25) is 5.91 Å². The van der Waals surface area contributed by atoms with Crippen LogP contribution in [0.5, 0.6) is 11.5 Å². The molecule has 12 heteroatoms. The van der Waals surface area contributed by atoms with Gasteiger partial charge in [0.25, 0.3) is 0 Å². The summed E-state index contributed by atoms with van der Waals surface area (Å²) in [6.45, 7) is 4.68. The Morgan fingerprint density at radius 1 is 1.06 bits per heavy atom. The van der Waals surface area contributed by atoms with Gasteiger partial charge in [-0.2, -0.15) is 0 Å². The third-order valence-electron chi connectivity index (χ3n) is 5.03. The summed E-state index contributed by atoms with van der Waals surface area (Å²) in [5, 5.41) is 7.72. The smallest absolute Gasteiger partial charge is 0.409 e. The minimum Gasteiger partial charge on any atom is -0.486 e. The Hall–Kier alpha value is -3.54. The van der Waals surface area contributed by atoms with Gasteiger partial charge in [0.15, 0.2) is 16.6 Å². The monoisotopic (exact) mass is 475 g/mol. The molecule has 0 atom stereocenters. The Labute approximate surface area is 194 Å². The fourth-order valence-electron chi connectivity index (χ4n) is 3.41. The lowest BCUT2D eigenvalue weighted by Crippen LogP contribution is -2.51. The molecule has 0 spiro atoms. The fourth-order valence-corrected chi connectivity index (χ4v) is 4.11. The van der Waals surface area contributed by atoms with Crippen molar-refractivity contribution < 1.29 is 28.6 Å². The highest BCUT2D eigenvalue weighted by atomic mass is 32.1. The molecule has 0 radical (unpaired) electrons. The number of carbonyl (C=O) groups is 3. The highest BCUT2D eigenvalue weighted by Gasteiger charge is 2.25. The molecule has 1 aromatic heterocycles. The Balaban J connectivity index is 1.25. The molecule has 2 N–H and O–H groups in total. The van der Waals surface area contributed by atoms with Crippen molar-refractivity contribution in [2.75, 3.05) is 56.6 Å². The quantitative estimate of drug-likeness (QED) is 0.681. The SMILES string of the molecule is CCOC(=O)N1CCN(C(=O)Nc2nc(CC(=O)Nc3ccc4c(c3)OCCO4)cs2)CC1. The zero-order chi connectivity index (χ0) is 23.2. The second-order valence-electron chi connectivity index (χ2n) is 7.33. The summed E-state index contributed by atoms with van der Waals surface area (Å²) in [6, 6.07) is 4.94. The molecule has 11 nitrogen and oxygen atoms in total. The number of piperazine rings is 1. The lowest BCUT2D eigenvalue weighted by molar-refractivity contribution is -0.115. The van der Waals surface area contributed by atoms with E-state index < -0.39 is 0 Å². The number of fused-ring (bicyclic) bond motifs is 1. The van der Waals surface area contributed by atoms with Gasteiger partial charge in [0, 0.05) is 43.3 Å². The zero-order valence-corrected chi connectivity index (χ0v) is 19.0. The number of hydrogen-bond acceptors (Lipinski definition) is 8. The molecule has 3 heterocycles. The van der Waals surface area contributed by atoms with Crippen LogP contribution in [0.3, 0.4) is 0 Å². The lowest BCUT2D eigenvalue weighted by Gasteiger charge is -2.33. The standard InChI is InChI=1S/C21H25N5O6S/c1-2-30-21(29)26-7-5-25(6-8-26)20(28)24-19-23-15(13-33-19)12-18(27)22-14-3-4-16-17(11-14)32-10-9-31-16/h3-4,11,13H,2,5-10,12H2,1H3,(H,22,27)(H,23,24,28). The van der Waals surface area contributed by atoms with Gasteiger partial charge in [0.1, 0.15) is 13.2 Å². The van der Waals surface area contributed by atoms with Crippen LogP contribution >= 0.6 is 11.3 Å². The van der Waals surface area contributed by atoms with E-state index in [0.29, 0.717) is 74.0 Å². The number of aromatic nitrogens is 1. The summed E-state index contributed by atoms with van der Waals surface area (Å²) >= 11 is 1.25. The van der Waals surface area contributed by atoms with E-state index in [-0.39, 0.29) is 24.5 Å². The van der Waals surface area contributed by atoms with Crippen molar-refractivity contribution in [1.29, 1.82) is 0 Å². The van der Waals surface area contributed by atoms with Crippen LogP contribution in [0.25, 0.3) is 0 Å². The Morgan fingerprint density at radius 3 is 2.55 bits per heavy atom. The number of thiazole rings is 1. The van der Waals surface area contributed by atoms with Crippen LogP contribution < -0.4 is 20.1 Å². The number of hydrogen-bond donors (Lipinski definition) is 2. The van der Waals surface area contributed by atoms with Crippen LogP contribution in [0, 0.1) is 0 Å². The Bertz CT molecular complexity index is 1020. The molecule has 2 aliphatic rings. The van der Waals surface area contributed by atoms with Gasteiger partial charge >= 0.3 is 12.1 Å². The number of rotatable bonds is 5. The van der Waals surface area contributed by atoms with Gasteiger partial charge in [-0.15, -0.1) is 11.3 Å². The fraction of sp³-hybridized carbons (Fsp3) is 0.429. The van der Waals surface area contributed by atoms with Crippen LogP contribution in [0.1, 0.15) is 12.6 Å². The minimum atomic E-state index is -0.364. The zero-order valence-electron chi connectivity index (χ0n) is 18.2. The molecule has 2 aliphatic heterocycles. The highest BCUT2D eigenvalue weighted by Crippen LogP contribution is 2.32. The average molecular weight is 476 g/mol. The van der Waals surface area contributed by atoms with E-state index >= 15 is 0 Å². The number of benzene rings is 1. The second-order valence-corrected chi connectivity index (χ2v) is 8.19. The average Bonchev–Trinajstić information content (AvgIpc) is 3.25. The maximum absolute atomic E-state index is 12.5. The van der Waals surface area contributed by atoms with Gasteiger partial charge < -0.3 is 29.3 Å². The first kappa shape index (κ1) is 22.6. The van der Waals surface area contributed by atoms with Crippen LogP contribution in [0.4, 0.5) is 20.4 Å². The van der Waals surface area contributed by atoms with E-state index in [2.05, 4.69) is 15.6 Å². The first-order chi connectivity index (χ1) is 16.0. The number of ether oxygens (including phenoxy) is 3. The van der Waals surface area contributed by atoms with Crippen LogP contribution in [-0.4, -0.2) is 78.8 Å². The van der Waals surface area contributed by atoms with E-state index in [1.54, 1.807) is 40.3 Å². The molecule has 2 aromatic rings. The van der Waals surface area contributed by atoms with Crippen LogP contribution in [0.15, 0.2) is 23.6 Å².